The van der Waals surface area contributed by atoms with E-state index >= 15 is 4.39 Å². The molecule has 1 saturated heterocycles. The normalized spacial score (nSPS) is 30.7. The Balaban J connectivity index is 1.72. The summed E-state index contributed by atoms with van der Waals surface area (Å²) in [4.78, 5) is 16.6. The van der Waals surface area contributed by atoms with Crippen LogP contribution >= 0.6 is 0 Å². The molecule has 1 heterocycles. The molecule has 0 radical (unpaired) electrons. The molecule has 4 nitrogen and oxygen atoms in total. The third-order valence-corrected chi connectivity index (χ3v) is 6.77. The maximum absolute atomic E-state index is 15.4. The zero-order valence-corrected chi connectivity index (χ0v) is 18.3. The van der Waals surface area contributed by atoms with E-state index in [9.17, 15) is 4.79 Å². The summed E-state index contributed by atoms with van der Waals surface area (Å²) in [6, 6.07) is -0.261. The number of carbonyl (C=O) groups excluding carboxylic acids is 1. The van der Waals surface area contributed by atoms with Crippen LogP contribution in [0.25, 0.3) is 0 Å². The lowest BCUT2D eigenvalue weighted by Crippen LogP contribution is -2.52. The van der Waals surface area contributed by atoms with E-state index in [1.165, 1.54) is 25.7 Å². The Morgan fingerprint density at radius 2 is 1.96 bits per heavy atom. The van der Waals surface area contributed by atoms with E-state index in [4.69, 9.17) is 4.74 Å². The molecule has 4 atom stereocenters. The number of nitrogens with one attached hydrogen (secondary N) is 1. The first-order valence-corrected chi connectivity index (χ1v) is 11.5. The molecule has 162 valence electrons. The number of hydrogen-bond acceptors (Lipinski definition) is 4. The fourth-order valence-corrected chi connectivity index (χ4v) is 4.72. The average molecular weight is 397 g/mol. The van der Waals surface area contributed by atoms with Gasteiger partial charge in [0, 0.05) is 12.8 Å². The molecule has 1 aliphatic heterocycles. The SMILES string of the molecule is CCCCCCCCOC(=O)[C@@H]1C[C@H]2C[C@@](F)(CC/C(C)=N/C)CC[C@H]2CN1. The fraction of sp³-hybridized carbons (Fsp3) is 0.913. The van der Waals surface area contributed by atoms with Crippen molar-refractivity contribution in [1.29, 1.82) is 0 Å². The van der Waals surface area contributed by atoms with E-state index in [0.717, 1.165) is 37.9 Å². The van der Waals surface area contributed by atoms with E-state index in [1.807, 2.05) is 6.92 Å². The van der Waals surface area contributed by atoms with Crippen LogP contribution in [0.3, 0.4) is 0 Å². The summed E-state index contributed by atoms with van der Waals surface area (Å²) in [6.07, 6.45) is 11.2. The van der Waals surface area contributed by atoms with Gasteiger partial charge in [0.15, 0.2) is 0 Å². The van der Waals surface area contributed by atoms with Crippen LogP contribution in [0.2, 0.25) is 0 Å². The van der Waals surface area contributed by atoms with E-state index in [0.29, 0.717) is 38.2 Å². The summed E-state index contributed by atoms with van der Waals surface area (Å²) >= 11 is 0. The number of ether oxygens (including phenoxy) is 1. The number of unbranched alkanes of at least 4 members (excludes halogenated alkanes) is 5. The van der Waals surface area contributed by atoms with Crippen molar-refractivity contribution in [2.45, 2.75) is 103 Å². The van der Waals surface area contributed by atoms with Crippen LogP contribution in [0, 0.1) is 11.8 Å². The molecule has 1 N–H and O–H groups in total. The molecule has 0 unspecified atom stereocenters. The molecule has 2 aliphatic rings. The second-order valence-corrected chi connectivity index (χ2v) is 9.00. The van der Waals surface area contributed by atoms with Gasteiger partial charge >= 0.3 is 5.97 Å². The van der Waals surface area contributed by atoms with Gasteiger partial charge in [-0.1, -0.05) is 39.0 Å². The zero-order valence-electron chi connectivity index (χ0n) is 18.3. The van der Waals surface area contributed by atoms with Gasteiger partial charge in [0.1, 0.15) is 11.7 Å². The van der Waals surface area contributed by atoms with Crippen LogP contribution in [-0.4, -0.2) is 43.6 Å². The molecule has 0 aromatic rings. The van der Waals surface area contributed by atoms with Gasteiger partial charge in [-0.2, -0.15) is 0 Å². The number of carbonyl (C=O) groups is 1. The number of piperidine rings is 1. The van der Waals surface area contributed by atoms with Crippen molar-refractivity contribution in [3.05, 3.63) is 0 Å². The maximum atomic E-state index is 15.4. The monoisotopic (exact) mass is 396 g/mol. The van der Waals surface area contributed by atoms with Crippen molar-refractivity contribution in [3.8, 4) is 0 Å². The molecule has 2 fully saturated rings. The molecule has 1 saturated carbocycles. The fourth-order valence-electron chi connectivity index (χ4n) is 4.72. The lowest BCUT2D eigenvalue weighted by Gasteiger charge is -2.44. The minimum Gasteiger partial charge on any atom is -0.465 e. The van der Waals surface area contributed by atoms with Crippen molar-refractivity contribution < 1.29 is 13.9 Å². The van der Waals surface area contributed by atoms with Crippen LogP contribution in [0.15, 0.2) is 4.99 Å². The topological polar surface area (TPSA) is 50.7 Å². The minimum atomic E-state index is -1.10. The standard InChI is InChI=1S/C23H41FN2O2/c1-4-5-6-7-8-9-14-28-22(27)21-15-20-16-23(24,12-10-18(2)25-3)13-11-19(20)17-26-21/h19-21,26H,4-17H2,1-3H3/b25-18+/t19-,20-,21-,23+/m0/s1. The molecule has 28 heavy (non-hydrogen) atoms. The van der Waals surface area contributed by atoms with Crippen LogP contribution < -0.4 is 5.32 Å². The number of rotatable bonds is 11. The number of fused-ring (bicyclic) bond motifs is 1. The lowest BCUT2D eigenvalue weighted by molar-refractivity contribution is -0.148. The van der Waals surface area contributed by atoms with Crippen molar-refractivity contribution >= 4 is 11.7 Å². The first-order chi connectivity index (χ1) is 13.5. The molecular weight excluding hydrogens is 355 g/mol. The summed E-state index contributed by atoms with van der Waals surface area (Å²) in [5, 5.41) is 3.36. The van der Waals surface area contributed by atoms with Crippen LogP contribution in [0.1, 0.15) is 90.9 Å². The largest absolute Gasteiger partial charge is 0.465 e. The number of alkyl halides is 1. The summed E-state index contributed by atoms with van der Waals surface area (Å²) in [5.74, 6) is 0.633. The third-order valence-electron chi connectivity index (χ3n) is 6.77. The minimum absolute atomic E-state index is 0.143. The molecular formula is C23H41FN2O2. The Labute approximate surface area is 171 Å². The highest BCUT2D eigenvalue weighted by molar-refractivity contribution is 5.81. The molecule has 0 bridgehead atoms. The first kappa shape index (κ1) is 23.3. The quantitative estimate of drug-likeness (QED) is 0.295. The number of aliphatic imine (C=N–C) groups is 1. The van der Waals surface area contributed by atoms with Crippen LogP contribution in [0.4, 0.5) is 4.39 Å². The second-order valence-electron chi connectivity index (χ2n) is 9.00. The van der Waals surface area contributed by atoms with Crippen LogP contribution in [0.5, 0.6) is 0 Å². The van der Waals surface area contributed by atoms with Gasteiger partial charge in [0.05, 0.1) is 6.61 Å². The second kappa shape index (κ2) is 11.9. The van der Waals surface area contributed by atoms with E-state index < -0.39 is 5.67 Å². The Morgan fingerprint density at radius 1 is 1.21 bits per heavy atom. The predicted molar refractivity (Wildman–Crippen MR) is 114 cm³/mol. The third kappa shape index (κ3) is 7.46. The summed E-state index contributed by atoms with van der Waals surface area (Å²) < 4.78 is 20.9. The predicted octanol–water partition coefficient (Wildman–Crippen LogP) is 5.25. The number of halogens is 1. The molecule has 5 heteroatoms. The summed E-state index contributed by atoms with van der Waals surface area (Å²) in [5.41, 5.74) is -0.0853. The van der Waals surface area contributed by atoms with Crippen molar-refractivity contribution in [2.24, 2.45) is 16.8 Å². The van der Waals surface area contributed by atoms with E-state index in [-0.39, 0.29) is 17.9 Å². The van der Waals surface area contributed by atoms with Gasteiger partial charge in [0.2, 0.25) is 0 Å². The van der Waals surface area contributed by atoms with Crippen molar-refractivity contribution in [3.63, 3.8) is 0 Å². The van der Waals surface area contributed by atoms with E-state index in [1.54, 1.807) is 7.05 Å². The van der Waals surface area contributed by atoms with E-state index in [2.05, 4.69) is 17.2 Å². The molecule has 0 aromatic carbocycles. The van der Waals surface area contributed by atoms with Gasteiger partial charge in [0.25, 0.3) is 0 Å². The molecule has 2 rings (SSSR count). The van der Waals surface area contributed by atoms with Gasteiger partial charge in [-0.05, 0) is 70.3 Å². The smallest absolute Gasteiger partial charge is 0.323 e. The number of nitrogens with zero attached hydrogens (tertiary/aromatic N) is 1. The molecule has 1 aliphatic carbocycles. The van der Waals surface area contributed by atoms with Crippen LogP contribution in [-0.2, 0) is 9.53 Å². The Hall–Kier alpha value is -0.970. The summed E-state index contributed by atoms with van der Waals surface area (Å²) in [6.45, 7) is 5.51. The highest BCUT2D eigenvalue weighted by atomic mass is 19.1. The maximum Gasteiger partial charge on any atom is 0.323 e. The average Bonchev–Trinajstić information content (AvgIpc) is 2.70. The number of hydrogen-bond donors (Lipinski definition) is 1. The van der Waals surface area contributed by atoms with Crippen molar-refractivity contribution in [1.82, 2.24) is 5.32 Å². The first-order valence-electron chi connectivity index (χ1n) is 11.5. The molecule has 0 aromatic heterocycles. The highest BCUT2D eigenvalue weighted by Gasteiger charge is 2.44. The molecule has 0 amide bonds. The van der Waals surface area contributed by atoms with Gasteiger partial charge in [-0.25, -0.2) is 4.39 Å². The zero-order chi connectivity index (χ0) is 20.4. The highest BCUT2D eigenvalue weighted by Crippen LogP contribution is 2.44. The van der Waals surface area contributed by atoms with Crippen molar-refractivity contribution in [2.75, 3.05) is 20.2 Å². The molecule has 0 spiro atoms. The van der Waals surface area contributed by atoms with Gasteiger partial charge < -0.3 is 10.1 Å². The summed E-state index contributed by atoms with van der Waals surface area (Å²) in [7, 11) is 1.77. The van der Waals surface area contributed by atoms with Gasteiger partial charge in [-0.3, -0.25) is 9.79 Å². The Kier molecular flexibility index (Phi) is 9.90. The lowest BCUT2D eigenvalue weighted by atomic mass is 9.67. The Morgan fingerprint density at radius 3 is 2.71 bits per heavy atom. The Bertz CT molecular complexity index is 511. The number of esters is 1. The van der Waals surface area contributed by atoms with Gasteiger partial charge in [-0.15, -0.1) is 0 Å².